The van der Waals surface area contributed by atoms with Crippen molar-refractivity contribution in [2.75, 3.05) is 21.0 Å². The Morgan fingerprint density at radius 3 is 2.42 bits per heavy atom. The molecule has 0 radical (unpaired) electrons. The molecule has 0 bridgehead atoms. The summed E-state index contributed by atoms with van der Waals surface area (Å²) in [5, 5.41) is 0. The molecule has 0 amide bonds. The van der Waals surface area contributed by atoms with Crippen molar-refractivity contribution in [3.05, 3.63) is 0 Å². The average Bonchev–Trinajstić information content (AvgIpc) is 2.38. The highest BCUT2D eigenvalue weighted by molar-refractivity contribution is 5.70. The van der Waals surface area contributed by atoms with Gasteiger partial charge in [-0.2, -0.15) is 0 Å². The molecule has 6 heteroatoms. The van der Waals surface area contributed by atoms with Gasteiger partial charge in [-0.05, 0) is 19.3 Å². The lowest BCUT2D eigenvalue weighted by molar-refractivity contribution is -0.170. The molecule has 1 aliphatic rings. The SMILES string of the molecule is COCO[C@@H]1CCC[C@@H](OC(C)=O)[C@H]1CC(=O)OC. The highest BCUT2D eigenvalue weighted by atomic mass is 16.7. The van der Waals surface area contributed by atoms with Gasteiger partial charge in [0.25, 0.3) is 0 Å². The van der Waals surface area contributed by atoms with Gasteiger partial charge in [-0.1, -0.05) is 0 Å². The molecule has 0 unspecified atom stereocenters. The molecule has 0 spiro atoms. The number of methoxy groups -OCH3 is 2. The van der Waals surface area contributed by atoms with Crippen LogP contribution in [0.3, 0.4) is 0 Å². The topological polar surface area (TPSA) is 71.1 Å². The van der Waals surface area contributed by atoms with Crippen molar-refractivity contribution < 1.29 is 28.5 Å². The van der Waals surface area contributed by atoms with Crippen molar-refractivity contribution in [3.63, 3.8) is 0 Å². The van der Waals surface area contributed by atoms with Crippen LogP contribution in [0.4, 0.5) is 0 Å². The van der Waals surface area contributed by atoms with Gasteiger partial charge in [0.1, 0.15) is 12.9 Å². The van der Waals surface area contributed by atoms with Crippen molar-refractivity contribution >= 4 is 11.9 Å². The van der Waals surface area contributed by atoms with E-state index in [9.17, 15) is 9.59 Å². The van der Waals surface area contributed by atoms with E-state index in [0.29, 0.717) is 0 Å². The van der Waals surface area contributed by atoms with Crippen molar-refractivity contribution in [3.8, 4) is 0 Å². The minimum Gasteiger partial charge on any atom is -0.469 e. The molecule has 19 heavy (non-hydrogen) atoms. The number of rotatable bonds is 6. The molecule has 110 valence electrons. The quantitative estimate of drug-likeness (QED) is 0.536. The fraction of sp³-hybridized carbons (Fsp3) is 0.846. The Morgan fingerprint density at radius 1 is 1.16 bits per heavy atom. The summed E-state index contributed by atoms with van der Waals surface area (Å²) in [4.78, 5) is 22.6. The first-order valence-corrected chi connectivity index (χ1v) is 6.43. The average molecular weight is 274 g/mol. The van der Waals surface area contributed by atoms with Crippen LogP contribution in [0.15, 0.2) is 0 Å². The molecular weight excluding hydrogens is 252 g/mol. The van der Waals surface area contributed by atoms with Crippen molar-refractivity contribution in [2.45, 2.75) is 44.8 Å². The van der Waals surface area contributed by atoms with E-state index in [4.69, 9.17) is 18.9 Å². The maximum absolute atomic E-state index is 11.5. The van der Waals surface area contributed by atoms with E-state index < -0.39 is 0 Å². The van der Waals surface area contributed by atoms with Crippen molar-refractivity contribution in [1.82, 2.24) is 0 Å². The zero-order chi connectivity index (χ0) is 14.3. The van der Waals surface area contributed by atoms with Gasteiger partial charge < -0.3 is 18.9 Å². The molecule has 0 aliphatic heterocycles. The Kier molecular flexibility index (Phi) is 6.80. The third-order valence-corrected chi connectivity index (χ3v) is 3.28. The summed E-state index contributed by atoms with van der Waals surface area (Å²) >= 11 is 0. The zero-order valence-corrected chi connectivity index (χ0v) is 11.7. The molecule has 0 aromatic heterocycles. The minimum atomic E-state index is -0.341. The van der Waals surface area contributed by atoms with Crippen LogP contribution in [-0.2, 0) is 28.5 Å². The zero-order valence-electron chi connectivity index (χ0n) is 11.7. The van der Waals surface area contributed by atoms with E-state index in [1.165, 1.54) is 14.0 Å². The van der Waals surface area contributed by atoms with E-state index in [-0.39, 0.29) is 43.3 Å². The number of esters is 2. The molecule has 1 saturated carbocycles. The summed E-state index contributed by atoms with van der Waals surface area (Å²) in [6.45, 7) is 1.53. The molecule has 6 nitrogen and oxygen atoms in total. The standard InChI is InChI=1S/C13H22O6/c1-9(14)19-12-6-4-5-11(18-8-16-2)10(12)7-13(15)17-3/h10-12H,4-8H2,1-3H3/t10-,11+,12+/m0/s1. The molecule has 1 aliphatic carbocycles. The number of carbonyl (C=O) groups excluding carboxylic acids is 2. The monoisotopic (exact) mass is 274 g/mol. The Bertz CT molecular complexity index is 304. The van der Waals surface area contributed by atoms with Crippen molar-refractivity contribution in [1.29, 1.82) is 0 Å². The van der Waals surface area contributed by atoms with E-state index >= 15 is 0 Å². The smallest absolute Gasteiger partial charge is 0.306 e. The second-order valence-electron chi connectivity index (χ2n) is 4.63. The van der Waals surface area contributed by atoms with Gasteiger partial charge in [0.15, 0.2) is 0 Å². The van der Waals surface area contributed by atoms with E-state index in [0.717, 1.165) is 19.3 Å². The summed E-state index contributed by atoms with van der Waals surface area (Å²) in [6.07, 6.45) is 2.19. The van der Waals surface area contributed by atoms with Crippen LogP contribution in [0, 0.1) is 5.92 Å². The highest BCUT2D eigenvalue weighted by Gasteiger charge is 2.37. The lowest BCUT2D eigenvalue weighted by Crippen LogP contribution is -2.41. The summed E-state index contributed by atoms with van der Waals surface area (Å²) in [5.41, 5.74) is 0. The Balaban J connectivity index is 2.71. The first-order chi connectivity index (χ1) is 9.08. The molecule has 0 aromatic carbocycles. The molecule has 0 saturated heterocycles. The van der Waals surface area contributed by atoms with E-state index in [1.54, 1.807) is 7.11 Å². The third kappa shape index (κ3) is 5.16. The predicted octanol–water partition coefficient (Wildman–Crippen LogP) is 1.27. The third-order valence-electron chi connectivity index (χ3n) is 3.28. The Hall–Kier alpha value is -1.14. The number of hydrogen-bond donors (Lipinski definition) is 0. The van der Waals surface area contributed by atoms with E-state index in [1.807, 2.05) is 0 Å². The lowest BCUT2D eigenvalue weighted by Gasteiger charge is -2.36. The molecule has 3 atom stereocenters. The largest absolute Gasteiger partial charge is 0.469 e. The summed E-state index contributed by atoms with van der Waals surface area (Å²) in [6, 6.07) is 0. The fourth-order valence-electron chi connectivity index (χ4n) is 2.45. The highest BCUT2D eigenvalue weighted by Crippen LogP contribution is 2.32. The summed E-state index contributed by atoms with van der Waals surface area (Å²) in [5.74, 6) is -0.845. The van der Waals surface area contributed by atoms with Crippen LogP contribution < -0.4 is 0 Å². The van der Waals surface area contributed by atoms with Crippen LogP contribution in [-0.4, -0.2) is 45.2 Å². The first-order valence-electron chi connectivity index (χ1n) is 6.43. The molecule has 0 N–H and O–H groups in total. The van der Waals surface area contributed by atoms with Gasteiger partial charge in [0.2, 0.25) is 0 Å². The second kappa shape index (κ2) is 8.12. The number of ether oxygens (including phenoxy) is 4. The Morgan fingerprint density at radius 2 is 1.84 bits per heavy atom. The molecule has 1 rings (SSSR count). The minimum absolute atomic E-state index is 0.155. The molecule has 0 aromatic rings. The number of hydrogen-bond acceptors (Lipinski definition) is 6. The van der Waals surface area contributed by atoms with Gasteiger partial charge >= 0.3 is 11.9 Å². The van der Waals surface area contributed by atoms with Gasteiger partial charge in [0, 0.05) is 20.0 Å². The van der Waals surface area contributed by atoms with Crippen LogP contribution in [0.25, 0.3) is 0 Å². The maximum Gasteiger partial charge on any atom is 0.306 e. The normalized spacial score (nSPS) is 26.8. The van der Waals surface area contributed by atoms with Crippen LogP contribution in [0.1, 0.15) is 32.6 Å². The molecule has 0 heterocycles. The first kappa shape index (κ1) is 15.9. The van der Waals surface area contributed by atoms with Crippen LogP contribution in [0.2, 0.25) is 0 Å². The van der Waals surface area contributed by atoms with Gasteiger partial charge in [-0.25, -0.2) is 0 Å². The fourth-order valence-corrected chi connectivity index (χ4v) is 2.45. The molecule has 1 fully saturated rings. The van der Waals surface area contributed by atoms with Crippen molar-refractivity contribution in [2.24, 2.45) is 5.92 Å². The summed E-state index contributed by atoms with van der Waals surface area (Å²) in [7, 11) is 2.89. The van der Waals surface area contributed by atoms with Crippen LogP contribution in [0.5, 0.6) is 0 Å². The predicted molar refractivity (Wildman–Crippen MR) is 66.3 cm³/mol. The van der Waals surface area contributed by atoms with Gasteiger partial charge in [-0.15, -0.1) is 0 Å². The molecular formula is C13H22O6. The Labute approximate surface area is 113 Å². The summed E-state index contributed by atoms with van der Waals surface area (Å²) < 4.78 is 20.5. The van der Waals surface area contributed by atoms with Gasteiger partial charge in [-0.3, -0.25) is 9.59 Å². The van der Waals surface area contributed by atoms with Gasteiger partial charge in [0.05, 0.1) is 19.6 Å². The van der Waals surface area contributed by atoms with E-state index in [2.05, 4.69) is 0 Å². The number of carbonyl (C=O) groups is 2. The lowest BCUT2D eigenvalue weighted by atomic mass is 9.81. The van der Waals surface area contributed by atoms with Crippen LogP contribution >= 0.6 is 0 Å². The second-order valence-corrected chi connectivity index (χ2v) is 4.63. The maximum atomic E-state index is 11.5.